The second kappa shape index (κ2) is 1.95. The Morgan fingerprint density at radius 1 is 1.50 bits per heavy atom. The van der Waals surface area contributed by atoms with Gasteiger partial charge in [0.1, 0.15) is 6.04 Å². The van der Waals surface area contributed by atoms with Gasteiger partial charge in [-0.1, -0.05) is 0 Å². The summed E-state index contributed by atoms with van der Waals surface area (Å²) in [5.74, 6) is 0.436. The molecule has 0 radical (unpaired) electrons. The first-order valence-corrected chi connectivity index (χ1v) is 3.75. The third kappa shape index (κ3) is 0.669. The topological polar surface area (TPSA) is 49.3 Å². The van der Waals surface area contributed by atoms with Crippen molar-refractivity contribution in [1.82, 2.24) is 5.32 Å². The molecular weight excluding hydrogens is 130 g/mol. The molecule has 3 nitrogen and oxygen atoms in total. The summed E-state index contributed by atoms with van der Waals surface area (Å²) in [6, 6.07) is -0.237. The molecule has 0 bridgehead atoms. The molecule has 0 aromatic heterocycles. The third-order valence-corrected chi connectivity index (χ3v) is 2.77. The van der Waals surface area contributed by atoms with Crippen LogP contribution in [-0.2, 0) is 4.79 Å². The van der Waals surface area contributed by atoms with Gasteiger partial charge in [0.25, 0.3) is 0 Å². The van der Waals surface area contributed by atoms with Crippen LogP contribution >= 0.6 is 0 Å². The summed E-state index contributed by atoms with van der Waals surface area (Å²) in [7, 11) is 0. The van der Waals surface area contributed by atoms with Crippen molar-refractivity contribution >= 4 is 5.97 Å². The maximum absolute atomic E-state index is 10.5. The predicted octanol–water partition coefficient (Wildman–Crippen LogP) is 0.0690. The van der Waals surface area contributed by atoms with E-state index in [2.05, 4.69) is 5.32 Å². The van der Waals surface area contributed by atoms with Crippen LogP contribution in [0.1, 0.15) is 12.8 Å². The van der Waals surface area contributed by atoms with E-state index < -0.39 is 5.97 Å². The lowest BCUT2D eigenvalue weighted by molar-refractivity contribution is -0.141. The van der Waals surface area contributed by atoms with Gasteiger partial charge in [0.05, 0.1) is 0 Å². The summed E-state index contributed by atoms with van der Waals surface area (Å²) in [4.78, 5) is 10.5. The first-order chi connectivity index (χ1) is 4.79. The fourth-order valence-electron chi connectivity index (χ4n) is 1.99. The van der Waals surface area contributed by atoms with E-state index in [1.807, 2.05) is 0 Å². The van der Waals surface area contributed by atoms with Crippen molar-refractivity contribution in [2.24, 2.45) is 11.8 Å². The number of hydrogen-bond donors (Lipinski definition) is 2. The number of hydrogen-bond acceptors (Lipinski definition) is 2. The molecule has 0 aromatic carbocycles. The fourth-order valence-corrected chi connectivity index (χ4v) is 1.99. The average Bonchev–Trinajstić information content (AvgIpc) is 2.07. The van der Waals surface area contributed by atoms with E-state index in [0.29, 0.717) is 11.8 Å². The van der Waals surface area contributed by atoms with Crippen LogP contribution in [0.2, 0.25) is 0 Å². The Bertz CT molecular complexity index is 169. The van der Waals surface area contributed by atoms with Crippen LogP contribution in [0.4, 0.5) is 0 Å². The smallest absolute Gasteiger partial charge is 0.320 e. The number of rotatable bonds is 1. The number of nitrogens with one attached hydrogen (secondary N) is 1. The summed E-state index contributed by atoms with van der Waals surface area (Å²) in [6.45, 7) is 0.918. The molecule has 1 heterocycles. The van der Waals surface area contributed by atoms with E-state index in [0.717, 1.165) is 13.0 Å². The molecule has 2 unspecified atom stereocenters. The molecule has 10 heavy (non-hydrogen) atoms. The Morgan fingerprint density at radius 2 is 2.30 bits per heavy atom. The van der Waals surface area contributed by atoms with Crippen LogP contribution in [0.15, 0.2) is 0 Å². The highest BCUT2D eigenvalue weighted by molar-refractivity contribution is 5.74. The van der Waals surface area contributed by atoms with E-state index in [9.17, 15) is 4.79 Å². The van der Waals surface area contributed by atoms with Gasteiger partial charge in [0.15, 0.2) is 0 Å². The average molecular weight is 141 g/mol. The molecule has 0 aromatic rings. The summed E-state index contributed by atoms with van der Waals surface area (Å²) in [6.07, 6.45) is 2.33. The van der Waals surface area contributed by atoms with Crippen LogP contribution in [0, 0.1) is 11.8 Å². The van der Waals surface area contributed by atoms with E-state index in [1.165, 1.54) is 6.42 Å². The second-order valence-electron chi connectivity index (χ2n) is 3.23. The van der Waals surface area contributed by atoms with Gasteiger partial charge in [-0.05, 0) is 31.2 Å². The summed E-state index contributed by atoms with van der Waals surface area (Å²) < 4.78 is 0. The molecule has 56 valence electrons. The molecule has 1 aliphatic carbocycles. The first-order valence-electron chi connectivity index (χ1n) is 3.75. The van der Waals surface area contributed by atoms with Gasteiger partial charge < -0.3 is 10.4 Å². The lowest BCUT2D eigenvalue weighted by Crippen LogP contribution is -2.38. The number of fused-ring (bicyclic) bond motifs is 1. The van der Waals surface area contributed by atoms with Gasteiger partial charge >= 0.3 is 5.97 Å². The molecule has 2 aliphatic rings. The number of carboxylic acid groups (broad SMARTS) is 1. The minimum Gasteiger partial charge on any atom is -0.480 e. The molecule has 2 fully saturated rings. The summed E-state index contributed by atoms with van der Waals surface area (Å²) in [5, 5.41) is 11.7. The molecule has 1 saturated carbocycles. The zero-order valence-corrected chi connectivity index (χ0v) is 5.71. The molecule has 3 heteroatoms. The van der Waals surface area contributed by atoms with Gasteiger partial charge in [-0.3, -0.25) is 4.79 Å². The predicted molar refractivity (Wildman–Crippen MR) is 35.6 cm³/mol. The summed E-state index contributed by atoms with van der Waals surface area (Å²) >= 11 is 0. The SMILES string of the molecule is O=C(O)[C@@H]1NCC2CCC21. The maximum atomic E-state index is 10.5. The maximum Gasteiger partial charge on any atom is 0.320 e. The lowest BCUT2D eigenvalue weighted by Gasteiger charge is -2.30. The minimum atomic E-state index is -0.674. The molecular formula is C7H11NO2. The molecule has 2 rings (SSSR count). The normalized spacial score (nSPS) is 44.2. The number of carbonyl (C=O) groups is 1. The second-order valence-corrected chi connectivity index (χ2v) is 3.23. The van der Waals surface area contributed by atoms with Crippen LogP contribution in [0.25, 0.3) is 0 Å². The minimum absolute atomic E-state index is 0.237. The van der Waals surface area contributed by atoms with Gasteiger partial charge in [-0.2, -0.15) is 0 Å². The highest BCUT2D eigenvalue weighted by Gasteiger charge is 2.45. The Labute approximate surface area is 59.4 Å². The Kier molecular flexibility index (Phi) is 1.20. The van der Waals surface area contributed by atoms with Crippen molar-refractivity contribution in [2.45, 2.75) is 18.9 Å². The zero-order chi connectivity index (χ0) is 7.14. The molecule has 1 saturated heterocycles. The van der Waals surface area contributed by atoms with Crippen molar-refractivity contribution in [2.75, 3.05) is 6.54 Å². The molecule has 0 spiro atoms. The van der Waals surface area contributed by atoms with E-state index in [1.54, 1.807) is 0 Å². The van der Waals surface area contributed by atoms with Crippen molar-refractivity contribution in [1.29, 1.82) is 0 Å². The monoisotopic (exact) mass is 141 g/mol. The van der Waals surface area contributed by atoms with E-state index in [-0.39, 0.29) is 6.04 Å². The Hall–Kier alpha value is -0.570. The highest BCUT2D eigenvalue weighted by atomic mass is 16.4. The van der Waals surface area contributed by atoms with Gasteiger partial charge in [-0.25, -0.2) is 0 Å². The van der Waals surface area contributed by atoms with Crippen LogP contribution in [0.5, 0.6) is 0 Å². The van der Waals surface area contributed by atoms with E-state index >= 15 is 0 Å². The van der Waals surface area contributed by atoms with Gasteiger partial charge in [0.2, 0.25) is 0 Å². The third-order valence-electron chi connectivity index (χ3n) is 2.77. The van der Waals surface area contributed by atoms with Crippen molar-refractivity contribution in [3.05, 3.63) is 0 Å². The largest absolute Gasteiger partial charge is 0.480 e. The zero-order valence-electron chi connectivity index (χ0n) is 5.71. The summed E-state index contributed by atoms with van der Waals surface area (Å²) in [5.41, 5.74) is 0. The molecule has 1 aliphatic heterocycles. The standard InChI is InChI=1S/C7H11NO2/c9-7(10)6-5-2-1-4(5)3-8-6/h4-6,8H,1-3H2,(H,9,10)/t4?,5?,6-/m1/s1. The lowest BCUT2D eigenvalue weighted by atomic mass is 9.73. The van der Waals surface area contributed by atoms with Gasteiger partial charge in [0, 0.05) is 0 Å². The van der Waals surface area contributed by atoms with Crippen molar-refractivity contribution in [3.8, 4) is 0 Å². The number of carboxylic acids is 1. The molecule has 0 amide bonds. The van der Waals surface area contributed by atoms with Crippen molar-refractivity contribution in [3.63, 3.8) is 0 Å². The van der Waals surface area contributed by atoms with Crippen LogP contribution in [-0.4, -0.2) is 23.7 Å². The quantitative estimate of drug-likeness (QED) is 0.543. The van der Waals surface area contributed by atoms with Crippen LogP contribution in [0.3, 0.4) is 0 Å². The number of aliphatic carboxylic acids is 1. The van der Waals surface area contributed by atoms with Crippen molar-refractivity contribution < 1.29 is 9.90 Å². The Balaban J connectivity index is 2.05. The fraction of sp³-hybridized carbons (Fsp3) is 0.857. The molecule has 3 atom stereocenters. The van der Waals surface area contributed by atoms with Gasteiger partial charge in [-0.15, -0.1) is 0 Å². The Morgan fingerprint density at radius 3 is 2.60 bits per heavy atom. The van der Waals surface area contributed by atoms with E-state index in [4.69, 9.17) is 5.11 Å². The van der Waals surface area contributed by atoms with Crippen LogP contribution < -0.4 is 5.32 Å². The molecule has 2 N–H and O–H groups in total. The highest BCUT2D eigenvalue weighted by Crippen LogP contribution is 2.40. The first kappa shape index (κ1) is 6.16.